The summed E-state index contributed by atoms with van der Waals surface area (Å²) in [6.07, 6.45) is 0.745. The molecular formula is C12H19N3O2S. The fourth-order valence-electron chi connectivity index (χ4n) is 2.45. The van der Waals surface area contributed by atoms with Crippen molar-refractivity contribution in [2.75, 3.05) is 18.5 Å². The Balaban J connectivity index is 2.46. The molecule has 0 unspecified atom stereocenters. The van der Waals surface area contributed by atoms with Gasteiger partial charge in [-0.3, -0.25) is 0 Å². The molecule has 1 heterocycles. The fraction of sp³-hybridized carbons (Fsp3) is 0.500. The molecule has 0 amide bonds. The van der Waals surface area contributed by atoms with Crippen LogP contribution in [0.4, 0.5) is 5.69 Å². The third kappa shape index (κ3) is 2.50. The number of anilines is 1. The molecule has 2 rings (SSSR count). The van der Waals surface area contributed by atoms with Gasteiger partial charge in [-0.2, -0.15) is 12.7 Å². The van der Waals surface area contributed by atoms with E-state index in [1.165, 1.54) is 4.31 Å². The summed E-state index contributed by atoms with van der Waals surface area (Å²) >= 11 is 0. The number of nitrogens with zero attached hydrogens (tertiary/aromatic N) is 2. The molecule has 1 atom stereocenters. The van der Waals surface area contributed by atoms with Gasteiger partial charge in [-0.05, 0) is 18.1 Å². The highest BCUT2D eigenvalue weighted by Crippen LogP contribution is 2.27. The Hall–Kier alpha value is -1.11. The van der Waals surface area contributed by atoms with Crippen molar-refractivity contribution in [3.05, 3.63) is 29.8 Å². The average molecular weight is 269 g/mol. The Labute approximate surface area is 108 Å². The SMILES string of the molecule is CC[C@@H]1CN(C)c2ccccc2CN1S(N)(=O)=O. The molecule has 1 aliphatic rings. The van der Waals surface area contributed by atoms with E-state index in [-0.39, 0.29) is 6.04 Å². The first-order valence-electron chi connectivity index (χ1n) is 6.02. The number of benzene rings is 1. The number of para-hydroxylation sites is 1. The maximum atomic E-state index is 11.7. The van der Waals surface area contributed by atoms with Gasteiger partial charge in [0.25, 0.3) is 10.2 Å². The lowest BCUT2D eigenvalue weighted by Gasteiger charge is -2.28. The first-order valence-corrected chi connectivity index (χ1v) is 7.52. The zero-order valence-corrected chi connectivity index (χ0v) is 11.5. The van der Waals surface area contributed by atoms with E-state index in [2.05, 4.69) is 4.90 Å². The Morgan fingerprint density at radius 2 is 2.06 bits per heavy atom. The first kappa shape index (κ1) is 13.3. The van der Waals surface area contributed by atoms with Gasteiger partial charge >= 0.3 is 0 Å². The molecule has 0 saturated heterocycles. The van der Waals surface area contributed by atoms with E-state index in [1.807, 2.05) is 38.2 Å². The van der Waals surface area contributed by atoms with Crippen LogP contribution >= 0.6 is 0 Å². The number of likely N-dealkylation sites (N-methyl/N-ethyl adjacent to an activating group) is 1. The average Bonchev–Trinajstić information content (AvgIpc) is 2.46. The minimum absolute atomic E-state index is 0.0857. The van der Waals surface area contributed by atoms with Crippen molar-refractivity contribution in [2.24, 2.45) is 5.14 Å². The molecule has 18 heavy (non-hydrogen) atoms. The van der Waals surface area contributed by atoms with Crippen LogP contribution in [0.5, 0.6) is 0 Å². The highest BCUT2D eigenvalue weighted by atomic mass is 32.2. The van der Waals surface area contributed by atoms with E-state index in [1.54, 1.807) is 0 Å². The molecule has 6 heteroatoms. The van der Waals surface area contributed by atoms with Gasteiger partial charge in [0.05, 0.1) is 0 Å². The van der Waals surface area contributed by atoms with Crippen LogP contribution < -0.4 is 10.0 Å². The van der Waals surface area contributed by atoms with Crippen LogP contribution in [0.25, 0.3) is 0 Å². The lowest BCUT2D eigenvalue weighted by molar-refractivity contribution is 0.315. The predicted molar refractivity (Wildman–Crippen MR) is 72.4 cm³/mol. The normalized spacial score (nSPS) is 21.5. The van der Waals surface area contributed by atoms with Gasteiger partial charge in [0.2, 0.25) is 0 Å². The molecule has 0 aromatic heterocycles. The van der Waals surface area contributed by atoms with Gasteiger partial charge in [0.1, 0.15) is 0 Å². The molecule has 100 valence electrons. The minimum atomic E-state index is -3.67. The number of hydrogen-bond acceptors (Lipinski definition) is 3. The van der Waals surface area contributed by atoms with E-state index < -0.39 is 10.2 Å². The van der Waals surface area contributed by atoms with E-state index in [4.69, 9.17) is 5.14 Å². The van der Waals surface area contributed by atoms with Crippen molar-refractivity contribution in [1.29, 1.82) is 0 Å². The molecule has 0 saturated carbocycles. The van der Waals surface area contributed by atoms with Gasteiger partial charge in [-0.1, -0.05) is 25.1 Å². The summed E-state index contributed by atoms with van der Waals surface area (Å²) in [7, 11) is -1.69. The van der Waals surface area contributed by atoms with Crippen LogP contribution in [0, 0.1) is 0 Å². The third-order valence-corrected chi connectivity index (χ3v) is 4.50. The quantitative estimate of drug-likeness (QED) is 0.868. The van der Waals surface area contributed by atoms with Crippen LogP contribution in [0.3, 0.4) is 0 Å². The summed E-state index contributed by atoms with van der Waals surface area (Å²) in [5.41, 5.74) is 2.06. The van der Waals surface area contributed by atoms with Crippen LogP contribution in [0.1, 0.15) is 18.9 Å². The summed E-state index contributed by atoms with van der Waals surface area (Å²) in [6.45, 7) is 2.98. The molecule has 1 aliphatic heterocycles. The molecule has 0 radical (unpaired) electrons. The molecule has 2 N–H and O–H groups in total. The van der Waals surface area contributed by atoms with Crippen LogP contribution in [-0.4, -0.2) is 32.4 Å². The lowest BCUT2D eigenvalue weighted by Crippen LogP contribution is -2.46. The Morgan fingerprint density at radius 1 is 1.39 bits per heavy atom. The zero-order chi connectivity index (χ0) is 13.3. The molecule has 0 spiro atoms. The molecule has 0 fully saturated rings. The predicted octanol–water partition coefficient (Wildman–Crippen LogP) is 0.921. The largest absolute Gasteiger partial charge is 0.373 e. The van der Waals surface area contributed by atoms with Gasteiger partial charge < -0.3 is 4.90 Å². The Morgan fingerprint density at radius 3 is 2.67 bits per heavy atom. The smallest absolute Gasteiger partial charge is 0.277 e. The van der Waals surface area contributed by atoms with Crippen molar-refractivity contribution >= 4 is 15.9 Å². The van der Waals surface area contributed by atoms with E-state index >= 15 is 0 Å². The Kier molecular flexibility index (Phi) is 3.61. The zero-order valence-electron chi connectivity index (χ0n) is 10.7. The van der Waals surface area contributed by atoms with Gasteiger partial charge in [-0.25, -0.2) is 5.14 Å². The summed E-state index contributed by atoms with van der Waals surface area (Å²) in [5, 5.41) is 5.33. The van der Waals surface area contributed by atoms with E-state index in [0.717, 1.165) is 17.7 Å². The molecule has 0 aliphatic carbocycles. The van der Waals surface area contributed by atoms with Crippen LogP contribution in [-0.2, 0) is 16.8 Å². The van der Waals surface area contributed by atoms with Crippen molar-refractivity contribution in [1.82, 2.24) is 4.31 Å². The number of nitrogens with two attached hydrogens (primary N) is 1. The maximum Gasteiger partial charge on any atom is 0.277 e. The molecular weight excluding hydrogens is 250 g/mol. The van der Waals surface area contributed by atoms with Crippen molar-refractivity contribution in [3.63, 3.8) is 0 Å². The molecule has 5 nitrogen and oxygen atoms in total. The summed E-state index contributed by atoms with van der Waals surface area (Å²) in [4.78, 5) is 2.09. The van der Waals surface area contributed by atoms with Crippen LogP contribution in [0.2, 0.25) is 0 Å². The van der Waals surface area contributed by atoms with Crippen molar-refractivity contribution < 1.29 is 8.42 Å². The number of fused-ring (bicyclic) bond motifs is 1. The van der Waals surface area contributed by atoms with Gasteiger partial charge in [0, 0.05) is 31.9 Å². The molecule has 0 bridgehead atoms. The molecule has 1 aromatic carbocycles. The highest BCUT2D eigenvalue weighted by Gasteiger charge is 2.31. The second-order valence-electron chi connectivity index (χ2n) is 4.66. The number of rotatable bonds is 2. The first-order chi connectivity index (χ1) is 8.43. The van der Waals surface area contributed by atoms with Gasteiger partial charge in [-0.15, -0.1) is 0 Å². The number of hydrogen-bond donors (Lipinski definition) is 1. The summed E-state index contributed by atoms with van der Waals surface area (Å²) in [5.74, 6) is 0. The Bertz CT molecular complexity index is 530. The fourth-order valence-corrected chi connectivity index (χ4v) is 3.40. The van der Waals surface area contributed by atoms with Gasteiger partial charge in [0.15, 0.2) is 0 Å². The highest BCUT2D eigenvalue weighted by molar-refractivity contribution is 7.86. The second kappa shape index (κ2) is 4.87. The van der Waals surface area contributed by atoms with E-state index in [0.29, 0.717) is 13.1 Å². The van der Waals surface area contributed by atoms with Crippen LogP contribution in [0.15, 0.2) is 24.3 Å². The monoisotopic (exact) mass is 269 g/mol. The summed E-state index contributed by atoms with van der Waals surface area (Å²) < 4.78 is 24.8. The standard InChI is InChI=1S/C12H19N3O2S/c1-3-11-9-14(2)12-7-5-4-6-10(12)8-15(11)18(13,16)17/h4-7,11H,3,8-9H2,1-2H3,(H2,13,16,17)/t11-/m1/s1. The second-order valence-corrected chi connectivity index (χ2v) is 6.16. The van der Waals surface area contributed by atoms with E-state index in [9.17, 15) is 8.42 Å². The van der Waals surface area contributed by atoms with Crippen molar-refractivity contribution in [3.8, 4) is 0 Å². The third-order valence-electron chi connectivity index (χ3n) is 3.42. The van der Waals surface area contributed by atoms with Crippen molar-refractivity contribution in [2.45, 2.75) is 25.9 Å². The topological polar surface area (TPSA) is 66.6 Å². The lowest BCUT2D eigenvalue weighted by atomic mass is 10.1. The maximum absolute atomic E-state index is 11.7. The summed E-state index contributed by atoms with van der Waals surface area (Å²) in [6, 6.07) is 7.75. The minimum Gasteiger partial charge on any atom is -0.373 e. The molecule has 1 aromatic rings.